The maximum absolute atomic E-state index is 12.1. The first kappa shape index (κ1) is 17.0. The van der Waals surface area contributed by atoms with E-state index >= 15 is 0 Å². The standard InChI is InChI=1S/C20H22N2O3/c23-19-7-4-13-22(19)15-16-8-10-17(11-9-16)20(24)21-12-14-25-18-5-2-1-3-6-18/h1-3,5-6,8-11H,4,7,12-15H2,(H,21,24). The molecular formula is C20H22N2O3. The van der Waals surface area contributed by atoms with Gasteiger partial charge in [0.1, 0.15) is 12.4 Å². The minimum Gasteiger partial charge on any atom is -0.492 e. The van der Waals surface area contributed by atoms with Gasteiger partial charge in [0.25, 0.3) is 5.91 Å². The summed E-state index contributed by atoms with van der Waals surface area (Å²) in [5, 5.41) is 2.84. The SMILES string of the molecule is O=C(NCCOc1ccccc1)c1ccc(CN2CCCC2=O)cc1. The van der Waals surface area contributed by atoms with E-state index in [-0.39, 0.29) is 11.8 Å². The molecule has 1 aliphatic heterocycles. The Kier molecular flexibility index (Phi) is 5.67. The molecule has 1 aliphatic rings. The van der Waals surface area contributed by atoms with Gasteiger partial charge in [-0.05, 0) is 36.2 Å². The molecule has 0 unspecified atom stereocenters. The molecule has 5 nitrogen and oxygen atoms in total. The number of amides is 2. The predicted molar refractivity (Wildman–Crippen MR) is 95.4 cm³/mol. The average Bonchev–Trinajstić information content (AvgIpc) is 3.05. The zero-order valence-electron chi connectivity index (χ0n) is 14.1. The molecule has 5 heteroatoms. The van der Waals surface area contributed by atoms with Crippen molar-refractivity contribution in [2.45, 2.75) is 19.4 Å². The molecule has 130 valence electrons. The predicted octanol–water partition coefficient (Wildman–Crippen LogP) is 2.62. The number of nitrogens with one attached hydrogen (secondary N) is 1. The molecule has 0 aromatic heterocycles. The molecule has 2 amide bonds. The molecule has 1 saturated heterocycles. The molecule has 0 bridgehead atoms. The van der Waals surface area contributed by atoms with Crippen LogP contribution in [0, 0.1) is 0 Å². The van der Waals surface area contributed by atoms with Gasteiger partial charge in [0.2, 0.25) is 5.91 Å². The van der Waals surface area contributed by atoms with Crippen molar-refractivity contribution in [2.75, 3.05) is 19.7 Å². The van der Waals surface area contributed by atoms with Gasteiger partial charge in [-0.3, -0.25) is 9.59 Å². The Morgan fingerprint density at radius 2 is 1.84 bits per heavy atom. The first-order chi connectivity index (χ1) is 12.2. The van der Waals surface area contributed by atoms with Crippen molar-refractivity contribution >= 4 is 11.8 Å². The highest BCUT2D eigenvalue weighted by Crippen LogP contribution is 2.14. The second-order valence-electron chi connectivity index (χ2n) is 6.03. The third kappa shape index (κ3) is 4.83. The molecule has 2 aromatic rings. The minimum absolute atomic E-state index is 0.125. The summed E-state index contributed by atoms with van der Waals surface area (Å²) in [6.45, 7) is 2.30. The topological polar surface area (TPSA) is 58.6 Å². The van der Waals surface area contributed by atoms with Gasteiger partial charge >= 0.3 is 0 Å². The Morgan fingerprint density at radius 1 is 1.08 bits per heavy atom. The number of para-hydroxylation sites is 1. The number of carbonyl (C=O) groups excluding carboxylic acids is 2. The zero-order chi connectivity index (χ0) is 17.5. The second-order valence-corrected chi connectivity index (χ2v) is 6.03. The van der Waals surface area contributed by atoms with Crippen LogP contribution in [0.1, 0.15) is 28.8 Å². The summed E-state index contributed by atoms with van der Waals surface area (Å²) >= 11 is 0. The number of ether oxygens (including phenoxy) is 1. The maximum atomic E-state index is 12.1. The summed E-state index contributed by atoms with van der Waals surface area (Å²) in [6, 6.07) is 16.9. The van der Waals surface area contributed by atoms with Crippen molar-refractivity contribution in [3.05, 3.63) is 65.7 Å². The number of rotatable bonds is 7. The lowest BCUT2D eigenvalue weighted by Gasteiger charge is -2.15. The van der Waals surface area contributed by atoms with Gasteiger partial charge in [-0.15, -0.1) is 0 Å². The first-order valence-electron chi connectivity index (χ1n) is 8.55. The van der Waals surface area contributed by atoms with Crippen LogP contribution in [-0.4, -0.2) is 36.4 Å². The second kappa shape index (κ2) is 8.33. The van der Waals surface area contributed by atoms with Gasteiger partial charge in [-0.25, -0.2) is 0 Å². The van der Waals surface area contributed by atoms with Gasteiger partial charge in [0.05, 0.1) is 6.54 Å². The number of hydrogen-bond donors (Lipinski definition) is 1. The lowest BCUT2D eigenvalue weighted by molar-refractivity contribution is -0.128. The molecule has 0 spiro atoms. The first-order valence-corrected chi connectivity index (χ1v) is 8.55. The Bertz CT molecular complexity index is 713. The van der Waals surface area contributed by atoms with E-state index in [4.69, 9.17) is 4.74 Å². The highest BCUT2D eigenvalue weighted by atomic mass is 16.5. The van der Waals surface area contributed by atoms with E-state index in [2.05, 4.69) is 5.32 Å². The Labute approximate surface area is 147 Å². The summed E-state index contributed by atoms with van der Waals surface area (Å²) in [5.41, 5.74) is 1.65. The van der Waals surface area contributed by atoms with Crippen LogP contribution in [0.2, 0.25) is 0 Å². The molecule has 25 heavy (non-hydrogen) atoms. The van der Waals surface area contributed by atoms with Crippen molar-refractivity contribution in [1.29, 1.82) is 0 Å². The largest absolute Gasteiger partial charge is 0.492 e. The molecule has 0 radical (unpaired) electrons. The molecule has 0 atom stereocenters. The van der Waals surface area contributed by atoms with Crippen molar-refractivity contribution < 1.29 is 14.3 Å². The Balaban J connectivity index is 1.43. The quantitative estimate of drug-likeness (QED) is 0.790. The lowest BCUT2D eigenvalue weighted by atomic mass is 10.1. The highest BCUT2D eigenvalue weighted by molar-refractivity contribution is 5.94. The molecular weight excluding hydrogens is 316 g/mol. The minimum atomic E-state index is -0.125. The van der Waals surface area contributed by atoms with Crippen LogP contribution in [-0.2, 0) is 11.3 Å². The number of nitrogens with zero attached hydrogens (tertiary/aromatic N) is 1. The van der Waals surface area contributed by atoms with Crippen LogP contribution in [0.4, 0.5) is 0 Å². The zero-order valence-corrected chi connectivity index (χ0v) is 14.1. The summed E-state index contributed by atoms with van der Waals surface area (Å²) < 4.78 is 5.54. The van der Waals surface area contributed by atoms with Gasteiger partial charge in [0.15, 0.2) is 0 Å². The van der Waals surface area contributed by atoms with E-state index in [9.17, 15) is 9.59 Å². The van der Waals surface area contributed by atoms with Gasteiger partial charge in [0, 0.05) is 25.1 Å². The lowest BCUT2D eigenvalue weighted by Crippen LogP contribution is -2.28. The summed E-state index contributed by atoms with van der Waals surface area (Å²) in [7, 11) is 0. The van der Waals surface area contributed by atoms with Crippen LogP contribution < -0.4 is 10.1 Å². The molecule has 2 aromatic carbocycles. The van der Waals surface area contributed by atoms with Crippen molar-refractivity contribution in [3.8, 4) is 5.75 Å². The van der Waals surface area contributed by atoms with E-state index in [0.29, 0.717) is 31.7 Å². The molecule has 1 fully saturated rings. The molecule has 1 heterocycles. The Morgan fingerprint density at radius 3 is 2.52 bits per heavy atom. The summed E-state index contributed by atoms with van der Waals surface area (Å²) in [4.78, 5) is 25.6. The monoisotopic (exact) mass is 338 g/mol. The normalized spacial score (nSPS) is 13.8. The summed E-state index contributed by atoms with van der Waals surface area (Å²) in [5.74, 6) is 0.873. The van der Waals surface area contributed by atoms with Gasteiger partial charge < -0.3 is 15.0 Å². The number of likely N-dealkylation sites (tertiary alicyclic amines) is 1. The van der Waals surface area contributed by atoms with E-state index in [1.54, 1.807) is 12.1 Å². The van der Waals surface area contributed by atoms with E-state index < -0.39 is 0 Å². The van der Waals surface area contributed by atoms with Crippen LogP contribution in [0.3, 0.4) is 0 Å². The van der Waals surface area contributed by atoms with Crippen LogP contribution >= 0.6 is 0 Å². The fraction of sp³-hybridized carbons (Fsp3) is 0.300. The molecule has 3 rings (SSSR count). The molecule has 0 saturated carbocycles. The fourth-order valence-corrected chi connectivity index (χ4v) is 2.81. The number of carbonyl (C=O) groups is 2. The van der Waals surface area contributed by atoms with Crippen molar-refractivity contribution in [2.24, 2.45) is 0 Å². The highest BCUT2D eigenvalue weighted by Gasteiger charge is 2.19. The third-order valence-corrected chi connectivity index (χ3v) is 4.16. The van der Waals surface area contributed by atoms with Gasteiger partial charge in [-0.1, -0.05) is 30.3 Å². The Hall–Kier alpha value is -2.82. The van der Waals surface area contributed by atoms with E-state index in [1.165, 1.54) is 0 Å². The third-order valence-electron chi connectivity index (χ3n) is 4.16. The molecule has 1 N–H and O–H groups in total. The van der Waals surface area contributed by atoms with Crippen LogP contribution in [0.5, 0.6) is 5.75 Å². The van der Waals surface area contributed by atoms with Gasteiger partial charge in [-0.2, -0.15) is 0 Å². The van der Waals surface area contributed by atoms with E-state index in [0.717, 1.165) is 24.3 Å². The maximum Gasteiger partial charge on any atom is 0.251 e. The fourth-order valence-electron chi connectivity index (χ4n) is 2.81. The van der Waals surface area contributed by atoms with Crippen molar-refractivity contribution in [1.82, 2.24) is 10.2 Å². The van der Waals surface area contributed by atoms with Crippen molar-refractivity contribution in [3.63, 3.8) is 0 Å². The number of benzene rings is 2. The molecule has 0 aliphatic carbocycles. The van der Waals surface area contributed by atoms with Crippen LogP contribution in [0.25, 0.3) is 0 Å². The smallest absolute Gasteiger partial charge is 0.251 e. The number of hydrogen-bond acceptors (Lipinski definition) is 3. The summed E-state index contributed by atoms with van der Waals surface area (Å²) in [6.07, 6.45) is 1.58. The van der Waals surface area contributed by atoms with Crippen LogP contribution in [0.15, 0.2) is 54.6 Å². The van der Waals surface area contributed by atoms with E-state index in [1.807, 2.05) is 47.4 Å². The average molecular weight is 338 g/mol.